The van der Waals surface area contributed by atoms with E-state index < -0.39 is 6.04 Å². The molecule has 0 bridgehead atoms. The highest BCUT2D eigenvalue weighted by molar-refractivity contribution is 5.84. The van der Waals surface area contributed by atoms with Crippen LogP contribution in [0.3, 0.4) is 0 Å². The number of primary amides is 1. The largest absolute Gasteiger partial charge is 0.478 e. The minimum Gasteiger partial charge on any atom is -0.478 e. The molecular formula is C25H33N8O2+. The zero-order chi connectivity index (χ0) is 24.6. The Hall–Kier alpha value is -3.53. The zero-order valence-corrected chi connectivity index (χ0v) is 20.5. The first-order chi connectivity index (χ1) is 16.9. The summed E-state index contributed by atoms with van der Waals surface area (Å²) < 4.78 is 5.70. The molecule has 1 aliphatic heterocycles. The van der Waals surface area contributed by atoms with Gasteiger partial charge in [0.05, 0.1) is 25.0 Å². The van der Waals surface area contributed by atoms with Crippen LogP contribution in [0.1, 0.15) is 62.9 Å². The minimum absolute atomic E-state index is 0.161. The van der Waals surface area contributed by atoms with E-state index in [9.17, 15) is 4.79 Å². The van der Waals surface area contributed by atoms with E-state index in [-0.39, 0.29) is 10.4 Å². The van der Waals surface area contributed by atoms with Crippen LogP contribution in [0.4, 0.5) is 23.3 Å². The van der Waals surface area contributed by atoms with Gasteiger partial charge in [-0.2, -0.15) is 15.1 Å². The summed E-state index contributed by atoms with van der Waals surface area (Å²) in [7, 11) is 0. The second kappa shape index (κ2) is 9.26. The van der Waals surface area contributed by atoms with Crippen molar-refractivity contribution in [1.29, 1.82) is 0 Å². The number of fused-ring (bicyclic) bond motifs is 1. The fourth-order valence-electron chi connectivity index (χ4n) is 5.29. The normalized spacial score (nSPS) is 21.3. The number of carbonyl (C=O) groups excluding carboxylic acids is 1. The highest BCUT2D eigenvalue weighted by Crippen LogP contribution is 2.43. The van der Waals surface area contributed by atoms with E-state index in [0.717, 1.165) is 60.0 Å². The van der Waals surface area contributed by atoms with Gasteiger partial charge in [-0.05, 0) is 32.1 Å². The van der Waals surface area contributed by atoms with E-state index in [1.807, 2.05) is 25.1 Å². The summed E-state index contributed by atoms with van der Waals surface area (Å²) in [6, 6.07) is 5.32. The van der Waals surface area contributed by atoms with Crippen LogP contribution in [0.2, 0.25) is 0 Å². The van der Waals surface area contributed by atoms with Crippen molar-refractivity contribution in [2.24, 2.45) is 5.73 Å². The SMILES string of the molecule is CCOc1ccc([N+]2(c3nc4c(c(Nc5cc(C(C)C)[nH]n5)n3)CCC4)CCCC2C(N)=O)cn1. The number of rotatable bonds is 8. The highest BCUT2D eigenvalue weighted by Gasteiger charge is 2.52. The summed E-state index contributed by atoms with van der Waals surface area (Å²) in [5.41, 5.74) is 9.96. The van der Waals surface area contributed by atoms with Crippen LogP contribution < -0.4 is 20.3 Å². The molecule has 5 rings (SSSR count). The molecule has 10 heteroatoms. The highest BCUT2D eigenvalue weighted by atomic mass is 16.5. The Morgan fingerprint density at radius 2 is 2.14 bits per heavy atom. The molecule has 1 fully saturated rings. The molecule has 1 aliphatic carbocycles. The van der Waals surface area contributed by atoms with E-state index in [1.54, 1.807) is 6.20 Å². The van der Waals surface area contributed by atoms with E-state index in [0.29, 0.717) is 37.3 Å². The van der Waals surface area contributed by atoms with Gasteiger partial charge in [0.2, 0.25) is 5.88 Å². The third kappa shape index (κ3) is 4.12. The Labute approximate surface area is 204 Å². The number of nitrogens with zero attached hydrogens (tertiary/aromatic N) is 5. The van der Waals surface area contributed by atoms with Crippen molar-refractivity contribution in [3.8, 4) is 5.88 Å². The third-order valence-corrected chi connectivity index (χ3v) is 7.07. The van der Waals surface area contributed by atoms with Crippen molar-refractivity contribution in [2.75, 3.05) is 18.5 Å². The molecule has 0 saturated carbocycles. The third-order valence-electron chi connectivity index (χ3n) is 7.07. The topological polar surface area (TPSA) is 132 Å². The minimum atomic E-state index is -0.472. The lowest BCUT2D eigenvalue weighted by Gasteiger charge is -2.35. The fraction of sp³-hybridized carbons (Fsp3) is 0.480. The summed E-state index contributed by atoms with van der Waals surface area (Å²) in [6.07, 6.45) is 6.07. The number of nitrogens with one attached hydrogen (secondary N) is 2. The van der Waals surface area contributed by atoms with Crippen molar-refractivity contribution in [3.05, 3.63) is 41.3 Å². The molecule has 4 N–H and O–H groups in total. The van der Waals surface area contributed by atoms with Gasteiger partial charge < -0.3 is 15.8 Å². The number of carbonyl (C=O) groups is 1. The van der Waals surface area contributed by atoms with Crippen LogP contribution in [-0.4, -0.2) is 50.2 Å². The first kappa shape index (κ1) is 23.2. The summed E-state index contributed by atoms with van der Waals surface area (Å²) in [6.45, 7) is 7.36. The molecular weight excluding hydrogens is 444 g/mol. The standard InChI is InChI=1S/C25H32N8O2/c1-4-35-22-11-10-16(14-27-22)33(12-6-9-20(33)23(26)34)25-28-18-8-5-7-17(18)24(30-25)29-21-13-19(15(2)3)31-32-21/h10-11,13-15,20H,4-9,12H2,1-3H3,(H3-,26,28,29,30,31,32,34)/p+1. The van der Waals surface area contributed by atoms with Crippen molar-refractivity contribution >= 4 is 29.2 Å². The summed E-state index contributed by atoms with van der Waals surface area (Å²) >= 11 is 0. The summed E-state index contributed by atoms with van der Waals surface area (Å²) in [5.74, 6) is 2.56. The van der Waals surface area contributed by atoms with Gasteiger partial charge >= 0.3 is 5.95 Å². The summed E-state index contributed by atoms with van der Waals surface area (Å²) in [5, 5.41) is 11.0. The lowest BCUT2D eigenvalue weighted by molar-refractivity contribution is -0.121. The van der Waals surface area contributed by atoms with Crippen molar-refractivity contribution in [2.45, 2.75) is 64.8 Å². The Morgan fingerprint density at radius 1 is 1.29 bits per heavy atom. The molecule has 184 valence electrons. The second-order valence-electron chi connectivity index (χ2n) is 9.58. The van der Waals surface area contributed by atoms with E-state index >= 15 is 0 Å². The van der Waals surface area contributed by atoms with E-state index in [1.165, 1.54) is 0 Å². The smallest absolute Gasteiger partial charge is 0.337 e. The molecule has 0 aromatic carbocycles. The first-order valence-corrected chi connectivity index (χ1v) is 12.4. The number of aryl methyl sites for hydroxylation is 1. The monoisotopic (exact) mass is 477 g/mol. The fourth-order valence-corrected chi connectivity index (χ4v) is 5.29. The molecule has 0 radical (unpaired) electrons. The number of H-pyrrole nitrogens is 1. The molecule has 0 spiro atoms. The number of amides is 1. The maximum Gasteiger partial charge on any atom is 0.337 e. The van der Waals surface area contributed by atoms with Crippen LogP contribution in [0.15, 0.2) is 24.4 Å². The van der Waals surface area contributed by atoms with E-state index in [4.69, 9.17) is 20.4 Å². The molecule has 3 aromatic rings. The first-order valence-electron chi connectivity index (χ1n) is 12.4. The van der Waals surface area contributed by atoms with Crippen LogP contribution in [-0.2, 0) is 17.6 Å². The maximum absolute atomic E-state index is 12.7. The number of nitrogens with two attached hydrogens (primary N) is 1. The van der Waals surface area contributed by atoms with Crippen LogP contribution in [0.5, 0.6) is 5.88 Å². The van der Waals surface area contributed by atoms with Gasteiger partial charge in [0.1, 0.15) is 5.82 Å². The Balaban J connectivity index is 1.62. The van der Waals surface area contributed by atoms with Gasteiger partial charge in [-0.15, -0.1) is 0 Å². The number of hydrogen-bond acceptors (Lipinski definition) is 7. The maximum atomic E-state index is 12.7. The average Bonchev–Trinajstić information content (AvgIpc) is 3.59. The summed E-state index contributed by atoms with van der Waals surface area (Å²) in [4.78, 5) is 27.3. The molecule has 3 aromatic heterocycles. The molecule has 2 atom stereocenters. The van der Waals surface area contributed by atoms with Gasteiger partial charge in [0.25, 0.3) is 5.91 Å². The number of quaternary nitrogens is 1. The van der Waals surface area contributed by atoms with Crippen LogP contribution >= 0.6 is 0 Å². The van der Waals surface area contributed by atoms with Crippen LogP contribution in [0, 0.1) is 0 Å². The lowest BCUT2D eigenvalue weighted by Crippen LogP contribution is -2.55. The number of anilines is 2. The van der Waals surface area contributed by atoms with Gasteiger partial charge in [-0.3, -0.25) is 9.89 Å². The number of ether oxygens (including phenoxy) is 1. The van der Waals surface area contributed by atoms with Gasteiger partial charge in [0, 0.05) is 42.3 Å². The number of hydrogen-bond donors (Lipinski definition) is 3. The van der Waals surface area contributed by atoms with Gasteiger partial charge in [-0.25, -0.2) is 9.47 Å². The molecule has 10 nitrogen and oxygen atoms in total. The molecule has 4 heterocycles. The van der Waals surface area contributed by atoms with Crippen molar-refractivity contribution in [1.82, 2.24) is 29.6 Å². The lowest BCUT2D eigenvalue weighted by atomic mass is 10.1. The number of pyridine rings is 1. The van der Waals surface area contributed by atoms with E-state index in [2.05, 4.69) is 34.3 Å². The van der Waals surface area contributed by atoms with Gasteiger partial charge in [-0.1, -0.05) is 13.8 Å². The molecule has 35 heavy (non-hydrogen) atoms. The Bertz CT molecular complexity index is 1220. The second-order valence-corrected chi connectivity index (χ2v) is 9.58. The number of aromatic nitrogens is 5. The predicted molar refractivity (Wildman–Crippen MR) is 134 cm³/mol. The van der Waals surface area contributed by atoms with Crippen molar-refractivity contribution in [3.63, 3.8) is 0 Å². The zero-order valence-electron chi connectivity index (χ0n) is 20.5. The quantitative estimate of drug-likeness (QED) is 0.422. The Morgan fingerprint density at radius 3 is 2.83 bits per heavy atom. The van der Waals surface area contributed by atoms with Crippen LogP contribution in [0.25, 0.3) is 0 Å². The molecule has 2 unspecified atom stereocenters. The average molecular weight is 478 g/mol. The number of aromatic amines is 1. The Kier molecular flexibility index (Phi) is 6.14. The van der Waals surface area contributed by atoms with Crippen molar-refractivity contribution < 1.29 is 9.53 Å². The molecule has 1 amide bonds. The molecule has 2 aliphatic rings. The van der Waals surface area contributed by atoms with Gasteiger partial charge in [0.15, 0.2) is 17.5 Å². The molecule has 1 saturated heterocycles. The predicted octanol–water partition coefficient (Wildman–Crippen LogP) is 3.64.